The minimum absolute atomic E-state index is 0.212. The van der Waals surface area contributed by atoms with Crippen LogP contribution < -0.4 is 10.6 Å². The van der Waals surface area contributed by atoms with Gasteiger partial charge in [0, 0.05) is 5.69 Å². The van der Waals surface area contributed by atoms with Gasteiger partial charge >= 0.3 is 0 Å². The van der Waals surface area contributed by atoms with Crippen LogP contribution in [0.5, 0.6) is 0 Å². The summed E-state index contributed by atoms with van der Waals surface area (Å²) in [4.78, 5) is 12.3. The van der Waals surface area contributed by atoms with Crippen LogP contribution in [-0.2, 0) is 6.42 Å². The van der Waals surface area contributed by atoms with Crippen molar-refractivity contribution in [1.29, 1.82) is 0 Å². The molecule has 3 rings (SSSR count). The van der Waals surface area contributed by atoms with Crippen molar-refractivity contribution < 1.29 is 4.79 Å². The number of anilines is 1. The fourth-order valence-corrected chi connectivity index (χ4v) is 2.96. The van der Waals surface area contributed by atoms with Gasteiger partial charge in [0.1, 0.15) is 0 Å². The molecule has 24 heavy (non-hydrogen) atoms. The highest BCUT2D eigenvalue weighted by Crippen LogP contribution is 2.18. The van der Waals surface area contributed by atoms with E-state index in [0.29, 0.717) is 11.7 Å². The summed E-state index contributed by atoms with van der Waals surface area (Å²) in [6.07, 6.45) is 7.24. The van der Waals surface area contributed by atoms with E-state index < -0.39 is 0 Å². The van der Waals surface area contributed by atoms with Crippen molar-refractivity contribution in [2.75, 3.05) is 18.4 Å². The molecule has 0 aliphatic carbocycles. The number of piperidine rings is 1. The van der Waals surface area contributed by atoms with Crippen LogP contribution in [0.4, 0.5) is 5.69 Å². The van der Waals surface area contributed by atoms with Crippen LogP contribution in [0.25, 0.3) is 0 Å². The van der Waals surface area contributed by atoms with E-state index in [9.17, 15) is 4.79 Å². The normalized spacial score (nSPS) is 15.4. The number of benzene rings is 1. The highest BCUT2D eigenvalue weighted by molar-refractivity contribution is 6.02. The van der Waals surface area contributed by atoms with Crippen molar-refractivity contribution in [2.24, 2.45) is 0 Å². The van der Waals surface area contributed by atoms with Crippen molar-refractivity contribution in [3.05, 3.63) is 41.7 Å². The lowest BCUT2D eigenvalue weighted by atomic mass is 10.1. The molecule has 1 aliphatic rings. The number of rotatable bonds is 6. The second kappa shape index (κ2) is 8.06. The van der Waals surface area contributed by atoms with Gasteiger partial charge in [0.15, 0.2) is 5.69 Å². The van der Waals surface area contributed by atoms with E-state index in [-0.39, 0.29) is 5.91 Å². The molecule has 1 aliphatic heterocycles. The van der Waals surface area contributed by atoms with Gasteiger partial charge in [0.05, 0.1) is 12.2 Å². The fraction of sp³-hybridized carbons (Fsp3) is 0.500. The van der Waals surface area contributed by atoms with Crippen LogP contribution in [0.3, 0.4) is 0 Å². The number of nitrogens with one attached hydrogen (secondary N) is 2. The Morgan fingerprint density at radius 2 is 2.04 bits per heavy atom. The monoisotopic (exact) mass is 327 g/mol. The van der Waals surface area contributed by atoms with Crippen LogP contribution in [0.2, 0.25) is 0 Å². The molecule has 0 spiro atoms. The minimum atomic E-state index is -0.212. The molecule has 0 bridgehead atoms. The third kappa shape index (κ3) is 4.20. The number of amides is 1. The number of carbonyl (C=O) groups is 1. The zero-order chi connectivity index (χ0) is 16.8. The summed E-state index contributed by atoms with van der Waals surface area (Å²) in [7, 11) is 0. The second-order valence-electron chi connectivity index (χ2n) is 6.32. The molecule has 0 saturated carbocycles. The molecule has 0 radical (unpaired) electrons. The molecular weight excluding hydrogens is 302 g/mol. The molecular formula is C18H25N5O. The Morgan fingerprint density at radius 1 is 1.29 bits per heavy atom. The first-order chi connectivity index (χ1) is 11.8. The molecule has 0 unspecified atom stereocenters. The number of nitrogens with zero attached hydrogens (tertiary/aromatic N) is 3. The number of aromatic nitrogens is 3. The van der Waals surface area contributed by atoms with Gasteiger partial charge in [-0.3, -0.25) is 4.79 Å². The third-order valence-electron chi connectivity index (χ3n) is 4.46. The maximum absolute atomic E-state index is 12.3. The number of aryl methyl sites for hydroxylation is 1. The van der Waals surface area contributed by atoms with Crippen LogP contribution in [-0.4, -0.2) is 34.0 Å². The first kappa shape index (κ1) is 16.6. The van der Waals surface area contributed by atoms with Crippen molar-refractivity contribution in [3.63, 3.8) is 0 Å². The van der Waals surface area contributed by atoms with Crippen LogP contribution in [0.15, 0.2) is 30.5 Å². The first-order valence-electron chi connectivity index (χ1n) is 8.79. The zero-order valence-electron chi connectivity index (χ0n) is 14.2. The molecule has 1 fully saturated rings. The maximum atomic E-state index is 12.3. The van der Waals surface area contributed by atoms with E-state index in [1.165, 1.54) is 18.4 Å². The summed E-state index contributed by atoms with van der Waals surface area (Å²) in [5, 5.41) is 14.4. The van der Waals surface area contributed by atoms with Gasteiger partial charge < -0.3 is 10.6 Å². The van der Waals surface area contributed by atoms with Gasteiger partial charge in [0.2, 0.25) is 0 Å². The van der Waals surface area contributed by atoms with Gasteiger partial charge in [-0.05, 0) is 56.5 Å². The lowest BCUT2D eigenvalue weighted by Gasteiger charge is -2.22. The minimum Gasteiger partial charge on any atom is -0.321 e. The van der Waals surface area contributed by atoms with Gasteiger partial charge in [0.25, 0.3) is 5.91 Å². The number of unbranched alkanes of at least 4 members (excludes halogenated alkanes) is 1. The average Bonchev–Trinajstić information content (AvgIpc) is 3.12. The molecule has 6 heteroatoms. The van der Waals surface area contributed by atoms with Crippen molar-refractivity contribution in [1.82, 2.24) is 20.3 Å². The molecule has 6 nitrogen and oxygen atoms in total. The summed E-state index contributed by atoms with van der Waals surface area (Å²) in [5.41, 5.74) is 2.45. The summed E-state index contributed by atoms with van der Waals surface area (Å²) in [6, 6.07) is 8.35. The second-order valence-corrected chi connectivity index (χ2v) is 6.32. The number of hydrogen-bond donors (Lipinski definition) is 2. The maximum Gasteiger partial charge on any atom is 0.277 e. The molecule has 2 aromatic rings. The quantitative estimate of drug-likeness (QED) is 0.856. The Bertz CT molecular complexity index is 658. The molecule has 1 saturated heterocycles. The SMILES string of the molecule is CCCCc1ccc(NC(=O)c2cn(C3CCNCC3)nn2)cc1. The largest absolute Gasteiger partial charge is 0.321 e. The smallest absolute Gasteiger partial charge is 0.277 e. The fourth-order valence-electron chi connectivity index (χ4n) is 2.96. The molecule has 0 atom stereocenters. The Balaban J connectivity index is 1.59. The predicted octanol–water partition coefficient (Wildman–Crippen LogP) is 2.80. The molecule has 2 N–H and O–H groups in total. The molecule has 2 heterocycles. The van der Waals surface area contributed by atoms with E-state index in [4.69, 9.17) is 0 Å². The molecule has 1 aromatic carbocycles. The summed E-state index contributed by atoms with van der Waals surface area (Å²) in [6.45, 7) is 4.15. The Labute approximate surface area is 142 Å². The topological polar surface area (TPSA) is 71.8 Å². The Hall–Kier alpha value is -2.21. The average molecular weight is 327 g/mol. The van der Waals surface area contributed by atoms with Crippen LogP contribution in [0, 0.1) is 0 Å². The highest BCUT2D eigenvalue weighted by Gasteiger charge is 2.18. The van der Waals surface area contributed by atoms with E-state index in [1.807, 2.05) is 16.8 Å². The predicted molar refractivity (Wildman–Crippen MR) is 94.2 cm³/mol. The standard InChI is InChI=1S/C18H25N5O/c1-2-3-4-14-5-7-15(8-6-14)20-18(24)17-13-23(22-21-17)16-9-11-19-12-10-16/h5-8,13,16,19H,2-4,9-12H2,1H3,(H,20,24). The Morgan fingerprint density at radius 3 is 2.75 bits per heavy atom. The highest BCUT2D eigenvalue weighted by atomic mass is 16.2. The lowest BCUT2D eigenvalue weighted by molar-refractivity contribution is 0.102. The first-order valence-corrected chi connectivity index (χ1v) is 8.79. The number of carbonyl (C=O) groups excluding carboxylic acids is 1. The molecule has 1 amide bonds. The van der Waals surface area contributed by atoms with Gasteiger partial charge in [-0.2, -0.15) is 0 Å². The number of hydrogen-bond acceptors (Lipinski definition) is 4. The van der Waals surface area contributed by atoms with Crippen molar-refractivity contribution >= 4 is 11.6 Å². The molecule has 1 aromatic heterocycles. The van der Waals surface area contributed by atoms with Crippen molar-refractivity contribution in [3.8, 4) is 0 Å². The van der Waals surface area contributed by atoms with E-state index in [2.05, 4.69) is 40.0 Å². The van der Waals surface area contributed by atoms with Crippen molar-refractivity contribution in [2.45, 2.75) is 45.1 Å². The van der Waals surface area contributed by atoms with E-state index in [1.54, 1.807) is 6.20 Å². The zero-order valence-corrected chi connectivity index (χ0v) is 14.2. The van der Waals surface area contributed by atoms with Gasteiger partial charge in [-0.1, -0.05) is 30.7 Å². The summed E-state index contributed by atoms with van der Waals surface area (Å²) >= 11 is 0. The molecule has 128 valence electrons. The summed E-state index contributed by atoms with van der Waals surface area (Å²) < 4.78 is 1.82. The summed E-state index contributed by atoms with van der Waals surface area (Å²) in [5.74, 6) is -0.212. The van der Waals surface area contributed by atoms with Gasteiger partial charge in [-0.15, -0.1) is 5.10 Å². The van der Waals surface area contributed by atoms with Crippen LogP contribution >= 0.6 is 0 Å². The Kier molecular flexibility index (Phi) is 5.59. The van der Waals surface area contributed by atoms with Gasteiger partial charge in [-0.25, -0.2) is 4.68 Å². The van der Waals surface area contributed by atoms with E-state index in [0.717, 1.165) is 38.0 Å². The lowest BCUT2D eigenvalue weighted by Crippen LogP contribution is -2.29. The van der Waals surface area contributed by atoms with Crippen LogP contribution in [0.1, 0.15) is 54.7 Å². The third-order valence-corrected chi connectivity index (χ3v) is 4.46. The van der Waals surface area contributed by atoms with E-state index >= 15 is 0 Å².